The highest BCUT2D eigenvalue weighted by Gasteiger charge is 2.33. The standard InChI is InChI=1S/C13H8N2O2/c1-7-4-6-15-11-9(7)13(17)12(16)8-3-2-5-14-10(8)11/h2-6H,1H3. The summed E-state index contributed by atoms with van der Waals surface area (Å²) in [4.78, 5) is 32.2. The molecule has 0 spiro atoms. The van der Waals surface area contributed by atoms with E-state index in [-0.39, 0.29) is 0 Å². The molecule has 0 N–H and O–H groups in total. The Morgan fingerprint density at radius 2 is 1.71 bits per heavy atom. The van der Waals surface area contributed by atoms with E-state index in [0.29, 0.717) is 22.5 Å². The van der Waals surface area contributed by atoms with Gasteiger partial charge in [-0.05, 0) is 30.7 Å². The first-order chi connectivity index (χ1) is 8.20. The molecule has 2 aromatic rings. The lowest BCUT2D eigenvalue weighted by Crippen LogP contribution is -2.23. The van der Waals surface area contributed by atoms with Crippen LogP contribution in [0.25, 0.3) is 11.4 Å². The molecule has 17 heavy (non-hydrogen) atoms. The zero-order chi connectivity index (χ0) is 12.0. The summed E-state index contributed by atoms with van der Waals surface area (Å²) in [5.74, 6) is -0.997. The fourth-order valence-electron chi connectivity index (χ4n) is 2.04. The lowest BCUT2D eigenvalue weighted by molar-refractivity contribution is 0.0814. The summed E-state index contributed by atoms with van der Waals surface area (Å²) in [6.45, 7) is 1.79. The molecule has 0 fully saturated rings. The van der Waals surface area contributed by atoms with Crippen molar-refractivity contribution in [2.24, 2.45) is 0 Å². The maximum Gasteiger partial charge on any atom is 0.236 e. The minimum Gasteiger partial charge on any atom is -0.285 e. The second kappa shape index (κ2) is 3.31. The molecule has 0 saturated heterocycles. The van der Waals surface area contributed by atoms with Crippen LogP contribution < -0.4 is 0 Å². The SMILES string of the molecule is Cc1ccnc2c1C(=O)C(=O)c1cccnc1-2. The Hall–Kier alpha value is -2.36. The van der Waals surface area contributed by atoms with Crippen LogP contribution >= 0.6 is 0 Å². The van der Waals surface area contributed by atoms with Crippen LogP contribution in [0, 0.1) is 6.92 Å². The minimum atomic E-state index is -0.503. The number of pyridine rings is 2. The van der Waals surface area contributed by atoms with Crippen molar-refractivity contribution in [1.29, 1.82) is 0 Å². The highest BCUT2D eigenvalue weighted by molar-refractivity contribution is 6.52. The summed E-state index contributed by atoms with van der Waals surface area (Å²) in [6, 6.07) is 4.97. The predicted molar refractivity (Wildman–Crippen MR) is 60.9 cm³/mol. The quantitative estimate of drug-likeness (QED) is 0.640. The van der Waals surface area contributed by atoms with E-state index in [1.54, 1.807) is 37.5 Å². The van der Waals surface area contributed by atoms with Crippen molar-refractivity contribution in [3.05, 3.63) is 47.3 Å². The second-order valence-corrected chi connectivity index (χ2v) is 3.91. The minimum absolute atomic E-state index is 0.336. The van der Waals surface area contributed by atoms with Gasteiger partial charge >= 0.3 is 0 Å². The monoisotopic (exact) mass is 224 g/mol. The van der Waals surface area contributed by atoms with E-state index in [1.165, 1.54) is 0 Å². The molecule has 1 aliphatic rings. The number of hydrogen-bond donors (Lipinski definition) is 0. The smallest absolute Gasteiger partial charge is 0.236 e. The van der Waals surface area contributed by atoms with Gasteiger partial charge < -0.3 is 0 Å². The normalized spacial score (nSPS) is 13.2. The van der Waals surface area contributed by atoms with E-state index in [9.17, 15) is 9.59 Å². The molecule has 4 nitrogen and oxygen atoms in total. The van der Waals surface area contributed by atoms with Gasteiger partial charge in [0.15, 0.2) is 0 Å². The van der Waals surface area contributed by atoms with Crippen molar-refractivity contribution in [1.82, 2.24) is 9.97 Å². The number of aryl methyl sites for hydroxylation is 1. The van der Waals surface area contributed by atoms with Crippen LogP contribution in [-0.4, -0.2) is 21.5 Å². The molecule has 4 heteroatoms. The lowest BCUT2D eigenvalue weighted by atomic mass is 9.88. The Balaban J connectivity index is 2.44. The van der Waals surface area contributed by atoms with Gasteiger partial charge in [-0.3, -0.25) is 19.6 Å². The van der Waals surface area contributed by atoms with E-state index in [1.807, 2.05) is 0 Å². The highest BCUT2D eigenvalue weighted by atomic mass is 16.2. The van der Waals surface area contributed by atoms with Gasteiger partial charge in [-0.1, -0.05) is 0 Å². The first kappa shape index (κ1) is 9.84. The third-order valence-corrected chi connectivity index (χ3v) is 2.87. The van der Waals surface area contributed by atoms with Crippen LogP contribution in [0.5, 0.6) is 0 Å². The molecule has 0 amide bonds. The van der Waals surface area contributed by atoms with E-state index >= 15 is 0 Å². The molecule has 82 valence electrons. The summed E-state index contributed by atoms with van der Waals surface area (Å²) in [5.41, 5.74) is 2.47. The topological polar surface area (TPSA) is 59.9 Å². The molecule has 0 bridgehead atoms. The molecule has 2 aromatic heterocycles. The van der Waals surface area contributed by atoms with Crippen molar-refractivity contribution in [2.75, 3.05) is 0 Å². The molecule has 2 heterocycles. The molecule has 0 aliphatic heterocycles. The average Bonchev–Trinajstić information content (AvgIpc) is 2.36. The summed E-state index contributed by atoms with van der Waals surface area (Å²) in [5, 5.41) is 0. The zero-order valence-corrected chi connectivity index (χ0v) is 9.10. The van der Waals surface area contributed by atoms with Crippen molar-refractivity contribution in [3.63, 3.8) is 0 Å². The van der Waals surface area contributed by atoms with Gasteiger partial charge in [0, 0.05) is 12.4 Å². The van der Waals surface area contributed by atoms with Gasteiger partial charge in [0.2, 0.25) is 11.6 Å². The summed E-state index contributed by atoms with van der Waals surface area (Å²) in [7, 11) is 0. The van der Waals surface area contributed by atoms with Gasteiger partial charge in [-0.25, -0.2) is 0 Å². The molecule has 1 aliphatic carbocycles. The molecule has 0 aromatic carbocycles. The fraction of sp³-hybridized carbons (Fsp3) is 0.0769. The number of aromatic nitrogens is 2. The number of fused-ring (bicyclic) bond motifs is 3. The maximum atomic E-state index is 12.0. The number of nitrogens with zero attached hydrogens (tertiary/aromatic N) is 2. The first-order valence-electron chi connectivity index (χ1n) is 5.20. The summed E-state index contributed by atoms with van der Waals surface area (Å²) >= 11 is 0. The van der Waals surface area contributed by atoms with Crippen LogP contribution in [0.15, 0.2) is 30.6 Å². The summed E-state index contributed by atoms with van der Waals surface area (Å²) < 4.78 is 0. The van der Waals surface area contributed by atoms with E-state index in [0.717, 1.165) is 5.56 Å². The molecule has 3 rings (SSSR count). The Morgan fingerprint density at radius 1 is 0.941 bits per heavy atom. The number of rotatable bonds is 0. The average molecular weight is 224 g/mol. The highest BCUT2D eigenvalue weighted by Crippen LogP contribution is 2.31. The van der Waals surface area contributed by atoms with Crippen molar-refractivity contribution in [2.45, 2.75) is 6.92 Å². The van der Waals surface area contributed by atoms with Crippen LogP contribution in [0.2, 0.25) is 0 Å². The molecule has 0 unspecified atom stereocenters. The van der Waals surface area contributed by atoms with E-state index in [2.05, 4.69) is 9.97 Å². The summed E-state index contributed by atoms with van der Waals surface area (Å²) in [6.07, 6.45) is 3.21. The van der Waals surface area contributed by atoms with E-state index in [4.69, 9.17) is 0 Å². The third kappa shape index (κ3) is 1.24. The van der Waals surface area contributed by atoms with Crippen molar-refractivity contribution >= 4 is 11.6 Å². The second-order valence-electron chi connectivity index (χ2n) is 3.91. The molecule has 0 radical (unpaired) electrons. The molecule has 0 atom stereocenters. The fourth-order valence-corrected chi connectivity index (χ4v) is 2.04. The van der Waals surface area contributed by atoms with Crippen LogP contribution in [0.1, 0.15) is 26.3 Å². The molecule has 0 saturated carbocycles. The number of carbonyl (C=O) groups is 2. The van der Waals surface area contributed by atoms with Crippen molar-refractivity contribution in [3.8, 4) is 11.4 Å². The molecular weight excluding hydrogens is 216 g/mol. The Labute approximate surface area is 97.3 Å². The van der Waals surface area contributed by atoms with Gasteiger partial charge in [0.1, 0.15) is 11.4 Å². The van der Waals surface area contributed by atoms with Crippen LogP contribution in [0.4, 0.5) is 0 Å². The van der Waals surface area contributed by atoms with Gasteiger partial charge in [0.05, 0.1) is 11.1 Å². The number of ketones is 2. The Kier molecular flexibility index (Phi) is 1.92. The lowest BCUT2D eigenvalue weighted by Gasteiger charge is -2.16. The molecular formula is C13H8N2O2. The van der Waals surface area contributed by atoms with Crippen LogP contribution in [-0.2, 0) is 0 Å². The Bertz CT molecular complexity index is 662. The largest absolute Gasteiger partial charge is 0.285 e. The van der Waals surface area contributed by atoms with Gasteiger partial charge in [-0.15, -0.1) is 0 Å². The predicted octanol–water partition coefficient (Wildman–Crippen LogP) is 1.83. The van der Waals surface area contributed by atoms with Gasteiger partial charge in [-0.2, -0.15) is 0 Å². The van der Waals surface area contributed by atoms with E-state index < -0.39 is 11.6 Å². The van der Waals surface area contributed by atoms with Crippen LogP contribution in [0.3, 0.4) is 0 Å². The van der Waals surface area contributed by atoms with Crippen molar-refractivity contribution < 1.29 is 9.59 Å². The number of carbonyl (C=O) groups excluding carboxylic acids is 2. The van der Waals surface area contributed by atoms with Gasteiger partial charge in [0.25, 0.3) is 0 Å². The first-order valence-corrected chi connectivity index (χ1v) is 5.20. The number of Topliss-reactive ketones (excluding diaryl/α,β-unsaturated/α-hetero) is 2. The zero-order valence-electron chi connectivity index (χ0n) is 9.10. The maximum absolute atomic E-state index is 12.0. The number of hydrogen-bond acceptors (Lipinski definition) is 4. The Morgan fingerprint density at radius 3 is 2.53 bits per heavy atom. The third-order valence-electron chi connectivity index (χ3n) is 2.87.